The lowest BCUT2D eigenvalue weighted by Gasteiger charge is -2.26. The predicted octanol–water partition coefficient (Wildman–Crippen LogP) is 2.41. The molecule has 0 radical (unpaired) electrons. The molecule has 0 saturated heterocycles. The lowest BCUT2D eigenvalue weighted by molar-refractivity contribution is -0.120. The first-order valence-electron chi connectivity index (χ1n) is 7.86. The third-order valence-electron chi connectivity index (χ3n) is 4.89. The van der Waals surface area contributed by atoms with Crippen LogP contribution in [0.2, 0.25) is 5.02 Å². The van der Waals surface area contributed by atoms with E-state index in [0.717, 1.165) is 29.3 Å². The van der Waals surface area contributed by atoms with E-state index in [9.17, 15) is 13.2 Å². The minimum absolute atomic E-state index is 0.189. The molecule has 2 aliphatic rings. The number of nitrogens with zero attached hydrogens (tertiary/aromatic N) is 1. The normalized spacial score (nSPS) is 26.3. The Morgan fingerprint density at radius 3 is 2.61 bits per heavy atom. The van der Waals surface area contributed by atoms with Gasteiger partial charge in [0.15, 0.2) is 0 Å². The number of nitrogens with one attached hydrogen (secondary N) is 1. The first kappa shape index (κ1) is 16.6. The maximum atomic E-state index is 12.4. The second-order valence-corrected chi connectivity index (χ2v) is 8.88. The molecule has 2 fully saturated rings. The van der Waals surface area contributed by atoms with E-state index in [2.05, 4.69) is 5.32 Å². The fourth-order valence-corrected chi connectivity index (χ4v) is 5.00. The van der Waals surface area contributed by atoms with Gasteiger partial charge >= 0.3 is 0 Å². The van der Waals surface area contributed by atoms with Crippen LogP contribution >= 0.6 is 11.6 Å². The molecule has 2 saturated carbocycles. The second-order valence-electron chi connectivity index (χ2n) is 6.57. The average molecular weight is 357 g/mol. The number of hydrogen-bond donors (Lipinski definition) is 1. The van der Waals surface area contributed by atoms with Gasteiger partial charge in [0, 0.05) is 6.04 Å². The summed E-state index contributed by atoms with van der Waals surface area (Å²) in [6.45, 7) is -0.240. The summed E-state index contributed by atoms with van der Waals surface area (Å²) in [7, 11) is -3.59. The molecule has 2 aliphatic carbocycles. The lowest BCUT2D eigenvalue weighted by atomic mass is 9.95. The van der Waals surface area contributed by atoms with E-state index in [4.69, 9.17) is 11.6 Å². The third kappa shape index (κ3) is 3.63. The van der Waals surface area contributed by atoms with E-state index in [1.54, 1.807) is 24.3 Å². The van der Waals surface area contributed by atoms with Crippen LogP contribution in [-0.4, -0.2) is 33.2 Å². The number of carbonyl (C=O) groups excluding carboxylic acids is 1. The second kappa shape index (κ2) is 6.32. The van der Waals surface area contributed by atoms with E-state index in [0.29, 0.717) is 16.6 Å². The molecule has 2 bridgehead atoms. The molecule has 0 spiro atoms. The molecule has 1 aromatic carbocycles. The van der Waals surface area contributed by atoms with Gasteiger partial charge < -0.3 is 5.32 Å². The van der Waals surface area contributed by atoms with Crippen LogP contribution in [0.5, 0.6) is 0 Å². The van der Waals surface area contributed by atoms with Crippen molar-refractivity contribution in [1.82, 2.24) is 5.32 Å². The number of amides is 1. The monoisotopic (exact) mass is 356 g/mol. The molecule has 1 N–H and O–H groups in total. The first-order valence-corrected chi connectivity index (χ1v) is 10.1. The van der Waals surface area contributed by atoms with Crippen LogP contribution in [0.1, 0.15) is 25.7 Å². The van der Waals surface area contributed by atoms with E-state index in [1.807, 2.05) is 0 Å². The minimum atomic E-state index is -3.59. The van der Waals surface area contributed by atoms with Crippen LogP contribution in [0.4, 0.5) is 5.69 Å². The molecule has 23 heavy (non-hydrogen) atoms. The van der Waals surface area contributed by atoms with Gasteiger partial charge in [-0.25, -0.2) is 8.42 Å². The van der Waals surface area contributed by atoms with Crippen molar-refractivity contribution in [3.8, 4) is 0 Å². The number of halogens is 1. The quantitative estimate of drug-likeness (QED) is 0.881. The zero-order chi connectivity index (χ0) is 16.6. The number of anilines is 1. The number of benzene rings is 1. The van der Waals surface area contributed by atoms with Crippen LogP contribution in [0.15, 0.2) is 24.3 Å². The highest BCUT2D eigenvalue weighted by molar-refractivity contribution is 7.92. The van der Waals surface area contributed by atoms with Crippen molar-refractivity contribution in [2.75, 3.05) is 17.1 Å². The van der Waals surface area contributed by atoms with Crippen LogP contribution in [0.25, 0.3) is 0 Å². The molecule has 7 heteroatoms. The maximum absolute atomic E-state index is 12.4. The highest BCUT2D eigenvalue weighted by Crippen LogP contribution is 2.44. The van der Waals surface area contributed by atoms with E-state index < -0.39 is 10.0 Å². The summed E-state index contributed by atoms with van der Waals surface area (Å²) >= 11 is 6.09. The van der Waals surface area contributed by atoms with Gasteiger partial charge in [-0.15, -0.1) is 0 Å². The highest BCUT2D eigenvalue weighted by Gasteiger charge is 2.40. The Balaban J connectivity index is 1.72. The summed E-state index contributed by atoms with van der Waals surface area (Å²) < 4.78 is 25.2. The Kier molecular flexibility index (Phi) is 4.56. The minimum Gasteiger partial charge on any atom is -0.352 e. The first-order chi connectivity index (χ1) is 10.8. The molecule has 0 heterocycles. The van der Waals surface area contributed by atoms with Crippen molar-refractivity contribution in [3.05, 3.63) is 29.3 Å². The summed E-state index contributed by atoms with van der Waals surface area (Å²) in [5, 5.41) is 3.32. The van der Waals surface area contributed by atoms with Gasteiger partial charge in [-0.3, -0.25) is 9.10 Å². The van der Waals surface area contributed by atoms with Crippen molar-refractivity contribution in [3.63, 3.8) is 0 Å². The highest BCUT2D eigenvalue weighted by atomic mass is 35.5. The van der Waals surface area contributed by atoms with Crippen LogP contribution in [0.3, 0.4) is 0 Å². The summed E-state index contributed by atoms with van der Waals surface area (Å²) in [6.07, 6.45) is 5.70. The van der Waals surface area contributed by atoms with Gasteiger partial charge in [-0.2, -0.15) is 0 Å². The van der Waals surface area contributed by atoms with Gasteiger partial charge in [0.1, 0.15) is 6.54 Å². The van der Waals surface area contributed by atoms with Crippen molar-refractivity contribution in [2.24, 2.45) is 11.8 Å². The maximum Gasteiger partial charge on any atom is 0.241 e. The number of fused-ring (bicyclic) bond motifs is 2. The van der Waals surface area contributed by atoms with Gasteiger partial charge in [-0.05, 0) is 43.2 Å². The number of para-hydroxylation sites is 1. The van der Waals surface area contributed by atoms with Crippen LogP contribution < -0.4 is 9.62 Å². The van der Waals surface area contributed by atoms with Crippen LogP contribution in [-0.2, 0) is 14.8 Å². The molecule has 3 rings (SSSR count). The molecular weight excluding hydrogens is 336 g/mol. The van der Waals surface area contributed by atoms with E-state index in [1.165, 1.54) is 12.8 Å². The lowest BCUT2D eigenvalue weighted by Crippen LogP contribution is -2.45. The number of rotatable bonds is 5. The van der Waals surface area contributed by atoms with Crippen molar-refractivity contribution < 1.29 is 13.2 Å². The van der Waals surface area contributed by atoms with Crippen molar-refractivity contribution >= 4 is 33.2 Å². The topological polar surface area (TPSA) is 66.5 Å². The fourth-order valence-electron chi connectivity index (χ4n) is 3.84. The number of sulfonamides is 1. The summed E-state index contributed by atoms with van der Waals surface area (Å²) in [5.41, 5.74) is 0.333. The Labute approximate surface area is 142 Å². The molecule has 1 aromatic rings. The van der Waals surface area contributed by atoms with Gasteiger partial charge in [0.25, 0.3) is 0 Å². The summed E-state index contributed by atoms with van der Waals surface area (Å²) in [6, 6.07) is 6.83. The molecule has 5 nitrogen and oxygen atoms in total. The number of carbonyl (C=O) groups is 1. The van der Waals surface area contributed by atoms with Crippen LogP contribution in [0, 0.1) is 11.8 Å². The molecule has 126 valence electrons. The fraction of sp³-hybridized carbons (Fsp3) is 0.562. The van der Waals surface area contributed by atoms with E-state index in [-0.39, 0.29) is 18.5 Å². The zero-order valence-corrected chi connectivity index (χ0v) is 14.6. The number of hydrogen-bond acceptors (Lipinski definition) is 3. The third-order valence-corrected chi connectivity index (χ3v) is 6.34. The molecule has 1 amide bonds. The largest absolute Gasteiger partial charge is 0.352 e. The van der Waals surface area contributed by atoms with Gasteiger partial charge in [0.05, 0.1) is 17.0 Å². The van der Waals surface area contributed by atoms with E-state index >= 15 is 0 Å². The van der Waals surface area contributed by atoms with Crippen molar-refractivity contribution in [1.29, 1.82) is 0 Å². The van der Waals surface area contributed by atoms with Gasteiger partial charge in [-0.1, -0.05) is 30.2 Å². The summed E-state index contributed by atoms with van der Waals surface area (Å²) in [5.74, 6) is 1.00. The smallest absolute Gasteiger partial charge is 0.241 e. The summed E-state index contributed by atoms with van der Waals surface area (Å²) in [4.78, 5) is 12.4. The molecule has 3 atom stereocenters. The molecule has 0 aromatic heterocycles. The average Bonchev–Trinajstić information content (AvgIpc) is 3.07. The Bertz CT molecular complexity index is 707. The Morgan fingerprint density at radius 1 is 1.30 bits per heavy atom. The molecule has 0 unspecified atom stereocenters. The van der Waals surface area contributed by atoms with Crippen molar-refractivity contribution in [2.45, 2.75) is 31.7 Å². The molecule has 0 aliphatic heterocycles. The Hall–Kier alpha value is -1.27. The standard InChI is InChI=1S/C16H21ClN2O3S/c1-23(21,22)19(15-5-3-2-4-13(15)17)10-16(20)18-14-9-11-6-7-12(14)8-11/h2-5,11-12,14H,6-10H2,1H3,(H,18,20)/t11-,12+,14-/m1/s1. The SMILES string of the molecule is CS(=O)(=O)N(CC(=O)N[C@@H]1C[C@@H]2CC[C@H]1C2)c1ccccc1Cl. The Morgan fingerprint density at radius 2 is 2.04 bits per heavy atom. The zero-order valence-electron chi connectivity index (χ0n) is 13.0. The molecular formula is C16H21ClN2O3S. The van der Waals surface area contributed by atoms with Gasteiger partial charge in [0.2, 0.25) is 15.9 Å². The predicted molar refractivity (Wildman–Crippen MR) is 91.0 cm³/mol.